The Morgan fingerprint density at radius 3 is 2.20 bits per heavy atom. The third-order valence-electron chi connectivity index (χ3n) is 4.97. The number of esters is 1. The Labute approximate surface area is 178 Å². The van der Waals surface area contributed by atoms with Crippen LogP contribution in [0.25, 0.3) is 0 Å². The van der Waals surface area contributed by atoms with Crippen LogP contribution >= 0.6 is 0 Å². The lowest BCUT2D eigenvalue weighted by Crippen LogP contribution is -2.14. The third-order valence-corrected chi connectivity index (χ3v) is 4.97. The first-order valence-corrected chi connectivity index (χ1v) is 10.1. The van der Waals surface area contributed by atoms with Gasteiger partial charge in [-0.05, 0) is 47.7 Å². The number of hydrogen-bond acceptors (Lipinski definition) is 4. The Bertz CT molecular complexity index is 962. The highest BCUT2D eigenvalue weighted by Crippen LogP contribution is 2.27. The fourth-order valence-electron chi connectivity index (χ4n) is 3.11. The summed E-state index contributed by atoms with van der Waals surface area (Å²) in [6.45, 7) is 6.61. The standard InChI is InChI=1S/C26H28O4/c1-18(2)21-14-11-20(12-15-21)17-29-26(30-23-8-6-5-7-9-23)22-13-10-19(3)24(16-22)25(27)28-4/h5-16,18,26H,17H2,1-4H3. The second kappa shape index (κ2) is 10.1. The van der Waals surface area contributed by atoms with E-state index in [1.165, 1.54) is 12.7 Å². The molecule has 0 heterocycles. The van der Waals surface area contributed by atoms with Crippen LogP contribution in [0.4, 0.5) is 0 Å². The van der Waals surface area contributed by atoms with Gasteiger partial charge < -0.3 is 14.2 Å². The quantitative estimate of drug-likeness (QED) is 0.331. The van der Waals surface area contributed by atoms with E-state index in [1.807, 2.05) is 49.4 Å². The highest BCUT2D eigenvalue weighted by atomic mass is 16.7. The summed E-state index contributed by atoms with van der Waals surface area (Å²) in [6.07, 6.45) is -0.666. The second-order valence-corrected chi connectivity index (χ2v) is 7.54. The Balaban J connectivity index is 1.84. The van der Waals surface area contributed by atoms with Gasteiger partial charge in [-0.2, -0.15) is 0 Å². The molecule has 4 heteroatoms. The van der Waals surface area contributed by atoms with Gasteiger partial charge in [0.15, 0.2) is 0 Å². The lowest BCUT2D eigenvalue weighted by Gasteiger charge is -2.21. The largest absolute Gasteiger partial charge is 0.465 e. The summed E-state index contributed by atoms with van der Waals surface area (Å²) in [5.74, 6) is 0.799. The Hall–Kier alpha value is -3.11. The van der Waals surface area contributed by atoms with Crippen LogP contribution in [0, 0.1) is 6.92 Å². The number of carbonyl (C=O) groups is 1. The topological polar surface area (TPSA) is 44.8 Å². The van der Waals surface area contributed by atoms with Gasteiger partial charge in [-0.15, -0.1) is 0 Å². The summed E-state index contributed by atoms with van der Waals surface area (Å²) in [4.78, 5) is 12.1. The van der Waals surface area contributed by atoms with Crippen molar-refractivity contribution in [3.8, 4) is 5.75 Å². The van der Waals surface area contributed by atoms with Crippen LogP contribution in [0.1, 0.15) is 58.7 Å². The summed E-state index contributed by atoms with van der Waals surface area (Å²) in [7, 11) is 1.38. The van der Waals surface area contributed by atoms with E-state index in [4.69, 9.17) is 14.2 Å². The molecule has 0 aromatic heterocycles. The SMILES string of the molecule is COC(=O)c1cc(C(OCc2ccc(C(C)C)cc2)Oc2ccccc2)ccc1C. The molecule has 3 aromatic rings. The number of hydrogen-bond donors (Lipinski definition) is 0. The number of methoxy groups -OCH3 is 1. The third kappa shape index (κ3) is 5.49. The first-order chi connectivity index (χ1) is 14.5. The summed E-state index contributed by atoms with van der Waals surface area (Å²) in [5.41, 5.74) is 4.44. The van der Waals surface area contributed by atoms with Crippen molar-refractivity contribution in [2.24, 2.45) is 0 Å². The highest BCUT2D eigenvalue weighted by molar-refractivity contribution is 5.91. The Morgan fingerprint density at radius 2 is 1.57 bits per heavy atom. The van der Waals surface area contributed by atoms with Crippen LogP contribution < -0.4 is 4.74 Å². The molecule has 0 aliphatic rings. The van der Waals surface area contributed by atoms with Crippen LogP contribution in [-0.4, -0.2) is 13.1 Å². The zero-order valence-electron chi connectivity index (χ0n) is 17.9. The summed E-state index contributed by atoms with van der Waals surface area (Å²) in [6, 6.07) is 23.5. The van der Waals surface area contributed by atoms with Gasteiger partial charge in [0, 0.05) is 5.56 Å². The van der Waals surface area contributed by atoms with Crippen LogP contribution in [-0.2, 0) is 16.1 Å². The van der Waals surface area contributed by atoms with E-state index in [0.717, 1.165) is 16.7 Å². The smallest absolute Gasteiger partial charge is 0.338 e. The van der Waals surface area contributed by atoms with E-state index in [1.54, 1.807) is 6.07 Å². The van der Waals surface area contributed by atoms with Gasteiger partial charge in [-0.25, -0.2) is 4.79 Å². The summed E-state index contributed by atoms with van der Waals surface area (Å²) >= 11 is 0. The zero-order valence-corrected chi connectivity index (χ0v) is 17.9. The van der Waals surface area contributed by atoms with Crippen molar-refractivity contribution in [1.82, 2.24) is 0 Å². The predicted molar refractivity (Wildman–Crippen MR) is 118 cm³/mol. The van der Waals surface area contributed by atoms with Gasteiger partial charge in [0.1, 0.15) is 5.75 Å². The highest BCUT2D eigenvalue weighted by Gasteiger charge is 2.18. The van der Waals surface area contributed by atoms with E-state index >= 15 is 0 Å². The molecule has 0 saturated heterocycles. The molecule has 1 unspecified atom stereocenters. The first kappa shape index (κ1) is 21.6. The Kier molecular flexibility index (Phi) is 7.26. The molecule has 0 aliphatic carbocycles. The van der Waals surface area contributed by atoms with Crippen molar-refractivity contribution in [2.75, 3.05) is 7.11 Å². The normalized spacial score (nSPS) is 11.9. The zero-order chi connectivity index (χ0) is 21.5. The second-order valence-electron chi connectivity index (χ2n) is 7.54. The molecule has 30 heavy (non-hydrogen) atoms. The van der Waals surface area contributed by atoms with Crippen molar-refractivity contribution < 1.29 is 19.0 Å². The number of para-hydroxylation sites is 1. The monoisotopic (exact) mass is 404 g/mol. The van der Waals surface area contributed by atoms with E-state index in [-0.39, 0.29) is 5.97 Å². The first-order valence-electron chi connectivity index (χ1n) is 10.1. The van der Waals surface area contributed by atoms with Crippen LogP contribution in [0.3, 0.4) is 0 Å². The molecule has 0 saturated carbocycles. The average Bonchev–Trinajstić information content (AvgIpc) is 2.77. The van der Waals surface area contributed by atoms with Crippen molar-refractivity contribution >= 4 is 5.97 Å². The molecule has 3 rings (SSSR count). The maximum absolute atomic E-state index is 12.1. The molecule has 0 bridgehead atoms. The summed E-state index contributed by atoms with van der Waals surface area (Å²) < 4.78 is 17.2. The van der Waals surface area contributed by atoms with Gasteiger partial charge in [-0.3, -0.25) is 0 Å². The number of carbonyl (C=O) groups excluding carboxylic acids is 1. The van der Waals surface area contributed by atoms with Crippen molar-refractivity contribution in [1.29, 1.82) is 0 Å². The van der Waals surface area contributed by atoms with Crippen LogP contribution in [0.2, 0.25) is 0 Å². The molecule has 1 atom stereocenters. The van der Waals surface area contributed by atoms with Crippen molar-refractivity contribution in [3.05, 3.63) is 101 Å². The lowest BCUT2D eigenvalue weighted by atomic mass is 10.0. The molecule has 0 fully saturated rings. The molecule has 4 nitrogen and oxygen atoms in total. The van der Waals surface area contributed by atoms with E-state index < -0.39 is 6.29 Å². The van der Waals surface area contributed by atoms with Crippen molar-refractivity contribution in [3.63, 3.8) is 0 Å². The van der Waals surface area contributed by atoms with E-state index in [9.17, 15) is 4.79 Å². The van der Waals surface area contributed by atoms with Gasteiger partial charge in [-0.1, -0.05) is 68.4 Å². The number of aryl methyl sites for hydroxylation is 1. The number of benzene rings is 3. The maximum atomic E-state index is 12.1. The molecule has 3 aromatic carbocycles. The number of rotatable bonds is 8. The minimum atomic E-state index is -0.666. The molecule has 156 valence electrons. The molecule has 0 spiro atoms. The molecular formula is C26H28O4. The van der Waals surface area contributed by atoms with Gasteiger partial charge in [0.05, 0.1) is 19.3 Å². The van der Waals surface area contributed by atoms with Crippen LogP contribution in [0.15, 0.2) is 72.8 Å². The van der Waals surface area contributed by atoms with E-state index in [2.05, 4.69) is 38.1 Å². The fourth-order valence-corrected chi connectivity index (χ4v) is 3.11. The molecule has 0 radical (unpaired) electrons. The fraction of sp³-hybridized carbons (Fsp3) is 0.269. The minimum absolute atomic E-state index is 0.378. The molecule has 0 aliphatic heterocycles. The number of ether oxygens (including phenoxy) is 3. The molecular weight excluding hydrogens is 376 g/mol. The van der Waals surface area contributed by atoms with Crippen molar-refractivity contribution in [2.45, 2.75) is 39.6 Å². The summed E-state index contributed by atoms with van der Waals surface area (Å²) in [5, 5.41) is 0. The van der Waals surface area contributed by atoms with E-state index in [0.29, 0.717) is 23.8 Å². The predicted octanol–water partition coefficient (Wildman–Crippen LogP) is 6.20. The van der Waals surface area contributed by atoms with Gasteiger partial charge in [0.2, 0.25) is 6.29 Å². The average molecular weight is 405 g/mol. The minimum Gasteiger partial charge on any atom is -0.465 e. The van der Waals surface area contributed by atoms with Gasteiger partial charge >= 0.3 is 5.97 Å². The Morgan fingerprint density at radius 1 is 0.900 bits per heavy atom. The molecule has 0 amide bonds. The van der Waals surface area contributed by atoms with Crippen LogP contribution in [0.5, 0.6) is 5.75 Å². The lowest BCUT2D eigenvalue weighted by molar-refractivity contribution is -0.0929. The molecule has 0 N–H and O–H groups in total. The maximum Gasteiger partial charge on any atom is 0.338 e. The van der Waals surface area contributed by atoms with Gasteiger partial charge in [0.25, 0.3) is 0 Å².